The van der Waals surface area contributed by atoms with Crippen LogP contribution in [0.15, 0.2) is 16.5 Å². The van der Waals surface area contributed by atoms with Crippen LogP contribution < -0.4 is 5.32 Å². The summed E-state index contributed by atoms with van der Waals surface area (Å²) in [6, 6.07) is 2.52. The van der Waals surface area contributed by atoms with Crippen LogP contribution in [0.1, 0.15) is 5.76 Å². The Labute approximate surface area is 104 Å². The van der Waals surface area contributed by atoms with Gasteiger partial charge in [-0.3, -0.25) is 0 Å². The highest BCUT2D eigenvalue weighted by Gasteiger charge is 2.28. The summed E-state index contributed by atoms with van der Waals surface area (Å²) < 4.78 is 70.9. The molecule has 0 unspecified atom stereocenters. The predicted molar refractivity (Wildman–Crippen MR) is 56.7 cm³/mol. The van der Waals surface area contributed by atoms with Crippen LogP contribution in [0.2, 0.25) is 0 Å². The van der Waals surface area contributed by atoms with Crippen LogP contribution in [0.4, 0.5) is 22.0 Å². The number of rotatable bonds is 3. The Balaban J connectivity index is 2.61. The van der Waals surface area contributed by atoms with Gasteiger partial charge in [0.25, 0.3) is 0 Å². The van der Waals surface area contributed by atoms with Crippen LogP contribution in [-0.2, 0) is 6.54 Å². The summed E-state index contributed by atoms with van der Waals surface area (Å²) in [5.41, 5.74) is -1.07. The van der Waals surface area contributed by atoms with E-state index in [-0.39, 0.29) is 6.54 Å². The van der Waals surface area contributed by atoms with Crippen molar-refractivity contribution in [3.8, 4) is 11.3 Å². The van der Waals surface area contributed by atoms with Crippen molar-refractivity contribution in [2.75, 3.05) is 7.05 Å². The van der Waals surface area contributed by atoms with Gasteiger partial charge in [-0.1, -0.05) is 0 Å². The van der Waals surface area contributed by atoms with Crippen LogP contribution in [0.3, 0.4) is 0 Å². The van der Waals surface area contributed by atoms with Gasteiger partial charge in [0.2, 0.25) is 5.82 Å². The van der Waals surface area contributed by atoms with Crippen molar-refractivity contribution in [1.82, 2.24) is 5.32 Å². The van der Waals surface area contributed by atoms with Gasteiger partial charge in [0.1, 0.15) is 11.5 Å². The Morgan fingerprint density at radius 2 is 1.42 bits per heavy atom. The molecule has 0 spiro atoms. The maximum absolute atomic E-state index is 13.5. The van der Waals surface area contributed by atoms with E-state index >= 15 is 0 Å². The lowest BCUT2D eigenvalue weighted by molar-refractivity contribution is 0.378. The first kappa shape index (κ1) is 13.5. The van der Waals surface area contributed by atoms with E-state index in [9.17, 15) is 22.0 Å². The van der Waals surface area contributed by atoms with Gasteiger partial charge < -0.3 is 9.73 Å². The Bertz CT molecular complexity index is 594. The highest BCUT2D eigenvalue weighted by Crippen LogP contribution is 2.32. The Hall–Kier alpha value is -1.89. The van der Waals surface area contributed by atoms with Gasteiger partial charge in [-0.2, -0.15) is 0 Å². The van der Waals surface area contributed by atoms with E-state index in [0.29, 0.717) is 5.76 Å². The minimum atomic E-state index is -2.19. The maximum Gasteiger partial charge on any atom is 0.200 e. The van der Waals surface area contributed by atoms with Crippen molar-refractivity contribution in [2.24, 2.45) is 0 Å². The lowest BCUT2D eigenvalue weighted by Gasteiger charge is -2.05. The number of hydrogen-bond acceptors (Lipinski definition) is 2. The summed E-state index contributed by atoms with van der Waals surface area (Å²) in [4.78, 5) is 0. The first-order chi connectivity index (χ1) is 8.97. The van der Waals surface area contributed by atoms with E-state index in [4.69, 9.17) is 4.42 Å². The molecule has 0 saturated heterocycles. The Morgan fingerprint density at radius 1 is 0.895 bits per heavy atom. The van der Waals surface area contributed by atoms with Crippen LogP contribution in [0, 0.1) is 29.1 Å². The highest BCUT2D eigenvalue weighted by atomic mass is 19.2. The van der Waals surface area contributed by atoms with E-state index in [2.05, 4.69) is 5.32 Å². The molecule has 0 amide bonds. The molecule has 0 atom stereocenters. The summed E-state index contributed by atoms with van der Waals surface area (Å²) in [7, 11) is 1.61. The van der Waals surface area contributed by atoms with E-state index in [1.807, 2.05) is 0 Å². The van der Waals surface area contributed by atoms with E-state index in [1.54, 1.807) is 7.05 Å². The van der Waals surface area contributed by atoms with Crippen molar-refractivity contribution in [2.45, 2.75) is 6.54 Å². The Morgan fingerprint density at radius 3 is 1.95 bits per heavy atom. The smallest absolute Gasteiger partial charge is 0.200 e. The average Bonchev–Trinajstić information content (AvgIpc) is 2.83. The number of halogens is 5. The molecule has 2 aromatic rings. The predicted octanol–water partition coefficient (Wildman–Crippen LogP) is 3.36. The van der Waals surface area contributed by atoms with Crippen molar-refractivity contribution < 1.29 is 26.4 Å². The van der Waals surface area contributed by atoms with Gasteiger partial charge in [-0.25, -0.2) is 22.0 Å². The number of benzene rings is 1. The SMILES string of the molecule is CNCc1ccc(-c2c(F)c(F)c(F)c(F)c2F)o1. The third kappa shape index (κ3) is 2.21. The molecule has 0 aliphatic carbocycles. The lowest BCUT2D eigenvalue weighted by atomic mass is 10.1. The van der Waals surface area contributed by atoms with Crippen molar-refractivity contribution >= 4 is 0 Å². The fraction of sp³-hybridized carbons (Fsp3) is 0.167. The zero-order chi connectivity index (χ0) is 14.2. The van der Waals surface area contributed by atoms with E-state index < -0.39 is 40.4 Å². The van der Waals surface area contributed by atoms with Gasteiger partial charge in [-0.15, -0.1) is 0 Å². The van der Waals surface area contributed by atoms with Crippen molar-refractivity contribution in [1.29, 1.82) is 0 Å². The third-order valence-electron chi connectivity index (χ3n) is 2.47. The second-order valence-electron chi connectivity index (χ2n) is 3.74. The molecule has 19 heavy (non-hydrogen) atoms. The van der Waals surface area contributed by atoms with E-state index in [1.165, 1.54) is 6.07 Å². The largest absolute Gasteiger partial charge is 0.460 e. The van der Waals surface area contributed by atoms with Gasteiger partial charge in [-0.05, 0) is 19.2 Å². The van der Waals surface area contributed by atoms with Gasteiger partial charge >= 0.3 is 0 Å². The average molecular weight is 277 g/mol. The van der Waals surface area contributed by atoms with Crippen LogP contribution >= 0.6 is 0 Å². The summed E-state index contributed by atoms with van der Waals surface area (Å²) in [6.07, 6.45) is 0. The summed E-state index contributed by atoms with van der Waals surface area (Å²) in [5, 5.41) is 2.72. The van der Waals surface area contributed by atoms with Gasteiger partial charge in [0, 0.05) is 0 Å². The number of furan rings is 1. The zero-order valence-corrected chi connectivity index (χ0v) is 9.66. The maximum atomic E-state index is 13.5. The second kappa shape index (κ2) is 5.00. The Kier molecular flexibility index (Phi) is 3.57. The fourth-order valence-corrected chi connectivity index (χ4v) is 1.60. The van der Waals surface area contributed by atoms with Gasteiger partial charge in [0.15, 0.2) is 23.3 Å². The monoisotopic (exact) mass is 277 g/mol. The molecule has 2 nitrogen and oxygen atoms in total. The molecule has 102 valence electrons. The molecule has 1 aromatic heterocycles. The molecule has 1 N–H and O–H groups in total. The molecule has 0 fully saturated rings. The topological polar surface area (TPSA) is 25.2 Å². The van der Waals surface area contributed by atoms with Crippen LogP contribution in [0.25, 0.3) is 11.3 Å². The summed E-state index contributed by atoms with van der Waals surface area (Å²) in [5.74, 6) is -10.1. The van der Waals surface area contributed by atoms with Crippen molar-refractivity contribution in [3.63, 3.8) is 0 Å². The molecule has 2 rings (SSSR count). The van der Waals surface area contributed by atoms with Crippen LogP contribution in [-0.4, -0.2) is 7.05 Å². The minimum Gasteiger partial charge on any atom is -0.460 e. The molecule has 0 saturated carbocycles. The van der Waals surface area contributed by atoms with E-state index in [0.717, 1.165) is 6.07 Å². The molecule has 0 aliphatic heterocycles. The first-order valence-electron chi connectivity index (χ1n) is 5.22. The molecule has 0 aliphatic rings. The zero-order valence-electron chi connectivity index (χ0n) is 9.66. The molecule has 7 heteroatoms. The number of hydrogen-bond donors (Lipinski definition) is 1. The quantitative estimate of drug-likeness (QED) is 0.528. The van der Waals surface area contributed by atoms with Crippen LogP contribution in [0.5, 0.6) is 0 Å². The molecule has 0 radical (unpaired) electrons. The van der Waals surface area contributed by atoms with Gasteiger partial charge in [0.05, 0.1) is 12.1 Å². The standard InChI is InChI=1S/C12H8F5NO/c1-18-4-5-2-3-6(19-5)7-8(13)10(15)12(17)11(16)9(7)14/h2-3,18H,4H2,1H3. The molecule has 1 heterocycles. The lowest BCUT2D eigenvalue weighted by Crippen LogP contribution is -2.04. The minimum absolute atomic E-state index is 0.259. The van der Waals surface area contributed by atoms with Crippen molar-refractivity contribution in [3.05, 3.63) is 47.0 Å². The highest BCUT2D eigenvalue weighted by molar-refractivity contribution is 5.60. The molecule has 1 aromatic carbocycles. The second-order valence-corrected chi connectivity index (χ2v) is 3.74. The molecular weight excluding hydrogens is 269 g/mol. The molecule has 0 bridgehead atoms. The summed E-state index contributed by atoms with van der Waals surface area (Å²) >= 11 is 0. The first-order valence-corrected chi connectivity index (χ1v) is 5.22. The number of nitrogens with one attached hydrogen (secondary N) is 1. The summed E-state index contributed by atoms with van der Waals surface area (Å²) in [6.45, 7) is 0.259. The normalized spacial score (nSPS) is 11.1. The molecular formula is C12H8F5NO. The fourth-order valence-electron chi connectivity index (χ4n) is 1.60. The third-order valence-corrected chi connectivity index (χ3v) is 2.47.